The lowest BCUT2D eigenvalue weighted by atomic mass is 9.98. The molecule has 0 amide bonds. The number of hydrogen-bond donors (Lipinski definition) is 1. The van der Waals surface area contributed by atoms with E-state index in [9.17, 15) is 19.2 Å². The minimum atomic E-state index is -1.01. The zero-order chi connectivity index (χ0) is 29.9. The van der Waals surface area contributed by atoms with Crippen LogP contribution in [0.1, 0.15) is 80.7 Å². The summed E-state index contributed by atoms with van der Waals surface area (Å²) in [6.07, 6.45) is 0.653. The van der Waals surface area contributed by atoms with Crippen LogP contribution in [0.2, 0.25) is 0 Å². The number of esters is 4. The maximum atomic E-state index is 12.7. The number of hydrogen-bond acceptors (Lipinski definition) is 9. The van der Waals surface area contributed by atoms with E-state index in [1.165, 1.54) is 6.07 Å². The molecule has 0 aliphatic rings. The molecule has 3 unspecified atom stereocenters. The largest absolute Gasteiger partial charge is 0.461 e. The lowest BCUT2D eigenvalue weighted by Crippen LogP contribution is -2.36. The van der Waals surface area contributed by atoms with Gasteiger partial charge in [-0.25, -0.2) is 0 Å². The Morgan fingerprint density at radius 2 is 1.33 bits per heavy atom. The molecule has 5 atom stereocenters. The molecule has 0 aliphatic carbocycles. The maximum absolute atomic E-state index is 12.7. The Morgan fingerprint density at radius 3 is 1.85 bits per heavy atom. The van der Waals surface area contributed by atoms with E-state index in [0.29, 0.717) is 12.0 Å². The number of nitrogens with two attached hydrogens (primary N) is 1. The van der Waals surface area contributed by atoms with Crippen molar-refractivity contribution < 1.29 is 38.1 Å². The standard InChI is InChI=1S/C30H47NO8/c1-10-19(6)13-27(32)37-20(7)16-36-30(35)24(31)14-23-11-12-25(38-28(33)21(8)17(2)3)26(15-23)39-29(34)22(9)18(4)5/h11-12,15,17-22,24H,10,13-14,16,31H2,1-9H3/t19?,20-,21?,22?,24-/m0/s1. The van der Waals surface area contributed by atoms with E-state index < -0.39 is 30.1 Å². The lowest BCUT2D eigenvalue weighted by molar-refractivity contribution is -0.159. The van der Waals surface area contributed by atoms with Crippen LogP contribution in [0.5, 0.6) is 11.5 Å². The Labute approximate surface area is 233 Å². The molecule has 39 heavy (non-hydrogen) atoms. The predicted octanol–water partition coefficient (Wildman–Crippen LogP) is 4.86. The zero-order valence-corrected chi connectivity index (χ0v) is 24.9. The van der Waals surface area contributed by atoms with Crippen LogP contribution in [-0.4, -0.2) is 42.6 Å². The van der Waals surface area contributed by atoms with Gasteiger partial charge >= 0.3 is 23.9 Å². The van der Waals surface area contributed by atoms with E-state index in [2.05, 4.69) is 0 Å². The van der Waals surface area contributed by atoms with Gasteiger partial charge in [0.05, 0.1) is 11.8 Å². The molecule has 2 N–H and O–H groups in total. The molecule has 0 aromatic heterocycles. The molecule has 0 saturated heterocycles. The molecule has 9 nitrogen and oxygen atoms in total. The van der Waals surface area contributed by atoms with Crippen molar-refractivity contribution in [1.82, 2.24) is 0 Å². The Hall–Kier alpha value is -2.94. The van der Waals surface area contributed by atoms with E-state index in [-0.39, 0.29) is 60.1 Å². The minimum absolute atomic E-state index is 0.0487. The summed E-state index contributed by atoms with van der Waals surface area (Å²) in [5.74, 6) is -2.11. The molecular weight excluding hydrogens is 502 g/mol. The third-order valence-electron chi connectivity index (χ3n) is 6.94. The van der Waals surface area contributed by atoms with Gasteiger partial charge in [0, 0.05) is 6.42 Å². The molecule has 0 saturated carbocycles. The van der Waals surface area contributed by atoms with Gasteiger partial charge in [-0.2, -0.15) is 0 Å². The predicted molar refractivity (Wildman–Crippen MR) is 148 cm³/mol. The topological polar surface area (TPSA) is 131 Å². The zero-order valence-electron chi connectivity index (χ0n) is 24.9. The molecule has 9 heteroatoms. The molecule has 0 radical (unpaired) electrons. The molecule has 0 bridgehead atoms. The van der Waals surface area contributed by atoms with Crippen LogP contribution in [0.15, 0.2) is 18.2 Å². The summed E-state index contributed by atoms with van der Waals surface area (Å²) in [6, 6.07) is 3.71. The molecule has 0 fully saturated rings. The van der Waals surface area contributed by atoms with Crippen molar-refractivity contribution in [1.29, 1.82) is 0 Å². The first kappa shape index (κ1) is 34.1. The summed E-state index contributed by atoms with van der Waals surface area (Å²) in [7, 11) is 0. The second-order valence-electron chi connectivity index (χ2n) is 11.1. The van der Waals surface area contributed by atoms with Crippen LogP contribution < -0.4 is 15.2 Å². The highest BCUT2D eigenvalue weighted by Crippen LogP contribution is 2.31. The maximum Gasteiger partial charge on any atom is 0.323 e. The lowest BCUT2D eigenvalue weighted by Gasteiger charge is -2.19. The number of ether oxygens (including phenoxy) is 4. The Morgan fingerprint density at radius 1 is 0.795 bits per heavy atom. The highest BCUT2D eigenvalue weighted by atomic mass is 16.6. The van der Waals surface area contributed by atoms with Crippen LogP contribution in [0, 0.1) is 29.6 Å². The van der Waals surface area contributed by atoms with Crippen LogP contribution in [-0.2, 0) is 35.1 Å². The van der Waals surface area contributed by atoms with E-state index in [4.69, 9.17) is 24.7 Å². The van der Waals surface area contributed by atoms with Crippen molar-refractivity contribution in [2.45, 2.75) is 93.7 Å². The summed E-state index contributed by atoms with van der Waals surface area (Å²) < 4.78 is 21.7. The number of carbonyl (C=O) groups excluding carboxylic acids is 4. The third kappa shape index (κ3) is 11.8. The fourth-order valence-corrected chi connectivity index (χ4v) is 3.17. The summed E-state index contributed by atoms with van der Waals surface area (Å²) in [5.41, 5.74) is 6.66. The van der Waals surface area contributed by atoms with E-state index in [1.54, 1.807) is 32.9 Å². The van der Waals surface area contributed by atoms with Gasteiger partial charge < -0.3 is 24.7 Å². The normalized spacial score (nSPS) is 15.2. The van der Waals surface area contributed by atoms with Crippen molar-refractivity contribution in [3.8, 4) is 11.5 Å². The van der Waals surface area contributed by atoms with Gasteiger partial charge in [0.25, 0.3) is 0 Å². The van der Waals surface area contributed by atoms with Gasteiger partial charge in [0.1, 0.15) is 18.8 Å². The van der Waals surface area contributed by atoms with Crippen molar-refractivity contribution in [3.05, 3.63) is 23.8 Å². The average Bonchev–Trinajstić information content (AvgIpc) is 2.86. The Balaban J connectivity index is 2.93. The number of benzene rings is 1. The van der Waals surface area contributed by atoms with Crippen LogP contribution in [0.3, 0.4) is 0 Å². The van der Waals surface area contributed by atoms with Gasteiger partial charge in [-0.1, -0.05) is 67.9 Å². The first-order valence-electron chi connectivity index (χ1n) is 13.8. The fraction of sp³-hybridized carbons (Fsp3) is 0.667. The molecule has 1 rings (SSSR count). The molecule has 1 aromatic rings. The molecule has 0 aliphatic heterocycles. The average molecular weight is 550 g/mol. The van der Waals surface area contributed by atoms with E-state index in [0.717, 1.165) is 6.42 Å². The summed E-state index contributed by atoms with van der Waals surface area (Å²) in [4.78, 5) is 49.7. The van der Waals surface area contributed by atoms with E-state index in [1.807, 2.05) is 41.5 Å². The minimum Gasteiger partial charge on any atom is -0.461 e. The Bertz CT molecular complexity index is 974. The number of carbonyl (C=O) groups is 4. The molecule has 220 valence electrons. The Kier molecular flexibility index (Phi) is 14.2. The van der Waals surface area contributed by atoms with Gasteiger partial charge in [0.2, 0.25) is 0 Å². The quantitative estimate of drug-likeness (QED) is 0.241. The van der Waals surface area contributed by atoms with Crippen molar-refractivity contribution in [3.63, 3.8) is 0 Å². The van der Waals surface area contributed by atoms with Crippen molar-refractivity contribution >= 4 is 23.9 Å². The highest BCUT2D eigenvalue weighted by Gasteiger charge is 2.25. The second-order valence-corrected chi connectivity index (χ2v) is 11.1. The second kappa shape index (κ2) is 16.2. The van der Waals surface area contributed by atoms with E-state index >= 15 is 0 Å². The van der Waals surface area contributed by atoms with Gasteiger partial charge in [-0.15, -0.1) is 0 Å². The van der Waals surface area contributed by atoms with Crippen LogP contribution in [0.25, 0.3) is 0 Å². The van der Waals surface area contributed by atoms with Crippen LogP contribution >= 0.6 is 0 Å². The summed E-state index contributed by atoms with van der Waals surface area (Å²) in [6.45, 7) is 16.7. The molecule has 0 heterocycles. The monoisotopic (exact) mass is 549 g/mol. The highest BCUT2D eigenvalue weighted by molar-refractivity contribution is 5.79. The van der Waals surface area contributed by atoms with Gasteiger partial charge in [-0.05, 0) is 48.8 Å². The van der Waals surface area contributed by atoms with Gasteiger partial charge in [-0.3, -0.25) is 19.2 Å². The van der Waals surface area contributed by atoms with Crippen LogP contribution in [0.4, 0.5) is 0 Å². The van der Waals surface area contributed by atoms with Gasteiger partial charge in [0.15, 0.2) is 11.5 Å². The van der Waals surface area contributed by atoms with Crippen molar-refractivity contribution in [2.24, 2.45) is 35.3 Å². The fourth-order valence-electron chi connectivity index (χ4n) is 3.17. The summed E-state index contributed by atoms with van der Waals surface area (Å²) >= 11 is 0. The molecule has 0 spiro atoms. The first-order valence-corrected chi connectivity index (χ1v) is 13.8. The molecular formula is C30H47NO8. The summed E-state index contributed by atoms with van der Waals surface area (Å²) in [5, 5.41) is 0. The third-order valence-corrected chi connectivity index (χ3v) is 6.94. The number of rotatable bonds is 15. The SMILES string of the molecule is CCC(C)CC(=O)O[C@@H](C)COC(=O)[C@@H](N)Cc1ccc(OC(=O)C(C)C(C)C)c(OC(=O)C(C)C(C)C)c1. The first-order chi connectivity index (χ1) is 18.2. The molecule has 1 aromatic carbocycles. The van der Waals surface area contributed by atoms with Crippen molar-refractivity contribution in [2.75, 3.05) is 6.61 Å². The smallest absolute Gasteiger partial charge is 0.323 e.